The lowest BCUT2D eigenvalue weighted by molar-refractivity contribution is -0.123. The van der Waals surface area contributed by atoms with Gasteiger partial charge in [-0.1, -0.05) is 13.8 Å². The van der Waals surface area contributed by atoms with Gasteiger partial charge >= 0.3 is 0 Å². The molecule has 0 radical (unpaired) electrons. The summed E-state index contributed by atoms with van der Waals surface area (Å²) in [4.78, 5) is 12.0. The smallest absolute Gasteiger partial charge is 0.150 e. The summed E-state index contributed by atoms with van der Waals surface area (Å²) in [6, 6.07) is 0. The molecule has 0 aromatic rings. The van der Waals surface area contributed by atoms with E-state index < -0.39 is 0 Å². The van der Waals surface area contributed by atoms with E-state index in [9.17, 15) is 4.79 Å². The van der Waals surface area contributed by atoms with Gasteiger partial charge in [0.1, 0.15) is 0 Å². The second-order valence-electron chi connectivity index (χ2n) is 6.41. The van der Waals surface area contributed by atoms with Gasteiger partial charge in [0.05, 0.1) is 4.75 Å². The summed E-state index contributed by atoms with van der Waals surface area (Å²) in [5.74, 6) is 1.52. The zero-order valence-electron chi connectivity index (χ0n) is 12.5. The van der Waals surface area contributed by atoms with Gasteiger partial charge in [-0.05, 0) is 53.3 Å². The molecule has 17 heavy (non-hydrogen) atoms. The molecule has 2 nitrogen and oxygen atoms in total. The Balaban J connectivity index is 3.85. The molecule has 0 heterocycles. The van der Waals surface area contributed by atoms with E-state index in [0.29, 0.717) is 5.78 Å². The third-order valence-electron chi connectivity index (χ3n) is 2.56. The first-order valence-corrected chi connectivity index (χ1v) is 7.48. The Morgan fingerprint density at radius 2 is 1.71 bits per heavy atom. The van der Waals surface area contributed by atoms with E-state index in [0.717, 1.165) is 18.7 Å². The van der Waals surface area contributed by atoms with Crippen LogP contribution in [0.4, 0.5) is 0 Å². The summed E-state index contributed by atoms with van der Waals surface area (Å²) < 4.78 is -0.240. The van der Waals surface area contributed by atoms with Crippen LogP contribution in [0.1, 0.15) is 54.9 Å². The van der Waals surface area contributed by atoms with Crippen molar-refractivity contribution in [2.45, 2.75) is 65.2 Å². The molecule has 0 saturated heterocycles. The fourth-order valence-corrected chi connectivity index (χ4v) is 2.81. The molecule has 1 N–H and O–H groups in total. The van der Waals surface area contributed by atoms with E-state index in [2.05, 4.69) is 26.1 Å². The van der Waals surface area contributed by atoms with E-state index in [1.807, 2.05) is 27.7 Å². The van der Waals surface area contributed by atoms with E-state index in [-0.39, 0.29) is 16.2 Å². The topological polar surface area (TPSA) is 29.1 Å². The Morgan fingerprint density at radius 3 is 2.12 bits per heavy atom. The lowest BCUT2D eigenvalue weighted by atomic mass is 9.98. The predicted octanol–water partition coefficient (Wildman–Crippen LogP) is 3.50. The summed E-state index contributed by atoms with van der Waals surface area (Å²) in [7, 11) is 0. The highest BCUT2D eigenvalue weighted by Crippen LogP contribution is 2.28. The van der Waals surface area contributed by atoms with Gasteiger partial charge in [-0.2, -0.15) is 0 Å². The largest absolute Gasteiger partial charge is 0.312 e. The normalized spacial score (nSPS) is 13.2. The fraction of sp³-hybridized carbons (Fsp3) is 0.929. The Kier molecular flexibility index (Phi) is 6.78. The summed E-state index contributed by atoms with van der Waals surface area (Å²) in [6.45, 7) is 15.6. The van der Waals surface area contributed by atoms with Crippen molar-refractivity contribution in [2.24, 2.45) is 5.92 Å². The van der Waals surface area contributed by atoms with Crippen molar-refractivity contribution in [1.82, 2.24) is 5.32 Å². The van der Waals surface area contributed by atoms with Crippen LogP contribution in [0.2, 0.25) is 0 Å². The van der Waals surface area contributed by atoms with Crippen LogP contribution in [0.25, 0.3) is 0 Å². The van der Waals surface area contributed by atoms with Crippen molar-refractivity contribution in [3.8, 4) is 0 Å². The predicted molar refractivity (Wildman–Crippen MR) is 78.8 cm³/mol. The van der Waals surface area contributed by atoms with Crippen molar-refractivity contribution in [3.63, 3.8) is 0 Å². The van der Waals surface area contributed by atoms with Crippen molar-refractivity contribution >= 4 is 17.5 Å². The molecule has 0 unspecified atom stereocenters. The number of hydrogen-bond donors (Lipinski definition) is 1. The van der Waals surface area contributed by atoms with Crippen LogP contribution in [0, 0.1) is 5.92 Å². The van der Waals surface area contributed by atoms with Crippen molar-refractivity contribution in [2.75, 3.05) is 12.3 Å². The standard InChI is InChI=1S/C14H29NOS/c1-11(2)12(16)14(6,7)17-10-8-9-15-13(3,4)5/h11,15H,8-10H2,1-7H3. The molecule has 0 bridgehead atoms. The summed E-state index contributed by atoms with van der Waals surface area (Å²) in [5.41, 5.74) is 0.188. The molecule has 0 atom stereocenters. The highest BCUT2D eigenvalue weighted by molar-refractivity contribution is 8.01. The molecule has 0 aliphatic heterocycles. The number of ketones is 1. The fourth-order valence-electron chi connectivity index (χ4n) is 1.63. The van der Waals surface area contributed by atoms with Crippen LogP contribution in [0.3, 0.4) is 0 Å². The summed E-state index contributed by atoms with van der Waals surface area (Å²) >= 11 is 1.78. The minimum absolute atomic E-state index is 0.130. The minimum atomic E-state index is -0.240. The monoisotopic (exact) mass is 259 g/mol. The minimum Gasteiger partial charge on any atom is -0.312 e. The second kappa shape index (κ2) is 6.79. The molecule has 0 aromatic carbocycles. The molecule has 0 saturated carbocycles. The SMILES string of the molecule is CC(C)C(=O)C(C)(C)SCCCNC(C)(C)C. The summed E-state index contributed by atoms with van der Waals surface area (Å²) in [6.07, 6.45) is 1.11. The third-order valence-corrected chi connectivity index (χ3v) is 3.97. The quantitative estimate of drug-likeness (QED) is 0.710. The van der Waals surface area contributed by atoms with Crippen LogP contribution in [-0.2, 0) is 4.79 Å². The van der Waals surface area contributed by atoms with Gasteiger partial charge in [-0.3, -0.25) is 4.79 Å². The van der Waals surface area contributed by atoms with Crippen LogP contribution in [0.5, 0.6) is 0 Å². The molecule has 0 spiro atoms. The molecular weight excluding hydrogens is 230 g/mol. The first-order chi connectivity index (χ1) is 7.56. The molecule has 0 aliphatic rings. The molecule has 0 fully saturated rings. The molecule has 0 aromatic heterocycles. The van der Waals surface area contributed by atoms with E-state index in [4.69, 9.17) is 0 Å². The molecule has 0 rings (SSSR count). The van der Waals surface area contributed by atoms with Gasteiger partial charge < -0.3 is 5.32 Å². The maximum absolute atomic E-state index is 12.0. The number of carbonyl (C=O) groups excluding carboxylic acids is 1. The lowest BCUT2D eigenvalue weighted by Gasteiger charge is -2.25. The van der Waals surface area contributed by atoms with Gasteiger partial charge in [-0.15, -0.1) is 11.8 Å². The van der Waals surface area contributed by atoms with E-state index in [1.54, 1.807) is 11.8 Å². The van der Waals surface area contributed by atoms with Gasteiger partial charge in [0, 0.05) is 11.5 Å². The number of rotatable bonds is 7. The zero-order valence-corrected chi connectivity index (χ0v) is 13.3. The molecule has 0 amide bonds. The molecule has 3 heteroatoms. The van der Waals surface area contributed by atoms with Crippen LogP contribution in [0.15, 0.2) is 0 Å². The molecule has 0 aliphatic carbocycles. The van der Waals surface area contributed by atoms with E-state index in [1.165, 1.54) is 0 Å². The lowest BCUT2D eigenvalue weighted by Crippen LogP contribution is -2.37. The average molecular weight is 259 g/mol. The number of nitrogens with one attached hydrogen (secondary N) is 1. The Labute approximate surface area is 111 Å². The first kappa shape index (κ1) is 17.0. The van der Waals surface area contributed by atoms with Crippen molar-refractivity contribution in [3.05, 3.63) is 0 Å². The maximum atomic E-state index is 12.0. The maximum Gasteiger partial charge on any atom is 0.150 e. The number of hydrogen-bond acceptors (Lipinski definition) is 3. The van der Waals surface area contributed by atoms with Gasteiger partial charge in [0.2, 0.25) is 0 Å². The highest BCUT2D eigenvalue weighted by atomic mass is 32.2. The third kappa shape index (κ3) is 7.82. The second-order valence-corrected chi connectivity index (χ2v) is 8.13. The highest BCUT2D eigenvalue weighted by Gasteiger charge is 2.29. The van der Waals surface area contributed by atoms with Crippen molar-refractivity contribution < 1.29 is 4.79 Å². The number of carbonyl (C=O) groups is 1. The van der Waals surface area contributed by atoms with Crippen LogP contribution >= 0.6 is 11.8 Å². The van der Waals surface area contributed by atoms with Crippen LogP contribution < -0.4 is 5.32 Å². The van der Waals surface area contributed by atoms with Crippen molar-refractivity contribution in [1.29, 1.82) is 0 Å². The van der Waals surface area contributed by atoms with Crippen LogP contribution in [-0.4, -0.2) is 28.4 Å². The number of Topliss-reactive ketones (excluding diaryl/α,β-unsaturated/α-hetero) is 1. The van der Waals surface area contributed by atoms with Gasteiger partial charge in [-0.25, -0.2) is 0 Å². The Hall–Kier alpha value is -0.0200. The number of thioether (sulfide) groups is 1. The zero-order chi connectivity index (χ0) is 13.7. The van der Waals surface area contributed by atoms with E-state index >= 15 is 0 Å². The Morgan fingerprint density at radius 1 is 1.18 bits per heavy atom. The Bertz CT molecular complexity index is 241. The first-order valence-electron chi connectivity index (χ1n) is 6.49. The molecular formula is C14H29NOS. The summed E-state index contributed by atoms with van der Waals surface area (Å²) in [5, 5.41) is 3.46. The van der Waals surface area contributed by atoms with Gasteiger partial charge in [0.15, 0.2) is 5.78 Å². The molecule has 102 valence electrons. The van der Waals surface area contributed by atoms with Gasteiger partial charge in [0.25, 0.3) is 0 Å². The average Bonchev–Trinajstić information content (AvgIpc) is 2.13.